The summed E-state index contributed by atoms with van der Waals surface area (Å²) < 4.78 is 0. The first kappa shape index (κ1) is 20.8. The fraction of sp³-hybridized carbons (Fsp3) is 0.217. The third kappa shape index (κ3) is 3.78. The van der Waals surface area contributed by atoms with Gasteiger partial charge in [-0.15, -0.1) is 17.0 Å². The fourth-order valence-corrected chi connectivity index (χ4v) is 9.03. The van der Waals surface area contributed by atoms with Crippen LogP contribution in [0.5, 0.6) is 0 Å². The van der Waals surface area contributed by atoms with Crippen LogP contribution in [-0.2, 0) is 0 Å². The molecule has 0 N–H and O–H groups in total. The van der Waals surface area contributed by atoms with Crippen LogP contribution in [0, 0.1) is 0 Å². The van der Waals surface area contributed by atoms with Gasteiger partial charge in [-0.1, -0.05) is 61.5 Å². The number of halogens is 1. The molecule has 0 aliphatic heterocycles. The highest BCUT2D eigenvalue weighted by Crippen LogP contribution is 2.61. The van der Waals surface area contributed by atoms with Crippen molar-refractivity contribution in [2.45, 2.75) is 19.1 Å². The molecule has 0 heterocycles. The number of hydrogen-bond donors (Lipinski definition) is 0. The van der Waals surface area contributed by atoms with E-state index in [1.54, 1.807) is 0 Å². The maximum absolute atomic E-state index is 2.42. The highest BCUT2D eigenvalue weighted by atomic mass is 79.9. The number of rotatable bonds is 6. The topological polar surface area (TPSA) is 3.24 Å². The van der Waals surface area contributed by atoms with Gasteiger partial charge in [0.2, 0.25) is 0 Å². The summed E-state index contributed by atoms with van der Waals surface area (Å²) in [6, 6.07) is 33.3. The molecule has 1 nitrogen and oxygen atoms in total. The van der Waals surface area contributed by atoms with Gasteiger partial charge in [-0.05, 0) is 56.9 Å². The Labute approximate surface area is 169 Å². The van der Waals surface area contributed by atoms with Gasteiger partial charge >= 0.3 is 0 Å². The Balaban J connectivity index is 0.00000243. The molecule has 0 aliphatic rings. The van der Waals surface area contributed by atoms with Crippen LogP contribution >= 0.6 is 24.2 Å². The maximum atomic E-state index is 2.42. The van der Waals surface area contributed by atoms with Gasteiger partial charge in [-0.25, -0.2) is 0 Å². The monoisotopic (exact) mass is 428 g/mol. The zero-order chi connectivity index (χ0) is 17.7. The lowest BCUT2D eigenvalue weighted by Gasteiger charge is -2.37. The van der Waals surface area contributed by atoms with Gasteiger partial charge in [0.15, 0.2) is 0 Å². The van der Waals surface area contributed by atoms with Crippen molar-refractivity contribution >= 4 is 40.2 Å². The standard InChI is InChI=1S/C23H27NP.BrH/c1-4-23(24(2)3)25(20-14-8-5-9-15-20,21-16-10-6-11-17-21)22-18-12-7-13-19-22;/h5-19,23H,4H2,1-3H3;1H/q+1;. The quantitative estimate of drug-likeness (QED) is 0.506. The van der Waals surface area contributed by atoms with Crippen molar-refractivity contribution in [1.29, 1.82) is 0 Å². The van der Waals surface area contributed by atoms with E-state index < -0.39 is 7.26 Å². The van der Waals surface area contributed by atoms with Gasteiger partial charge in [0, 0.05) is 0 Å². The molecule has 0 aliphatic carbocycles. The van der Waals surface area contributed by atoms with Crippen LogP contribution in [0.3, 0.4) is 0 Å². The molecule has 3 rings (SSSR count). The number of benzene rings is 3. The number of hydrogen-bond acceptors (Lipinski definition) is 1. The molecule has 3 heteroatoms. The summed E-state index contributed by atoms with van der Waals surface area (Å²) in [7, 11) is 2.65. The van der Waals surface area contributed by atoms with Gasteiger partial charge in [0.05, 0.1) is 0 Å². The van der Waals surface area contributed by atoms with Crippen LogP contribution in [0.4, 0.5) is 0 Å². The van der Waals surface area contributed by atoms with E-state index in [0.29, 0.717) is 5.78 Å². The van der Waals surface area contributed by atoms with E-state index >= 15 is 0 Å². The van der Waals surface area contributed by atoms with Crippen molar-refractivity contribution in [3.63, 3.8) is 0 Å². The van der Waals surface area contributed by atoms with E-state index in [4.69, 9.17) is 0 Å². The summed E-state index contributed by atoms with van der Waals surface area (Å²) >= 11 is 0. The maximum Gasteiger partial charge on any atom is 0.135 e. The molecule has 0 saturated heterocycles. The lowest BCUT2D eigenvalue weighted by molar-refractivity contribution is 0.370. The first-order valence-corrected chi connectivity index (χ1v) is 10.8. The fourth-order valence-electron chi connectivity index (χ4n) is 3.94. The molecule has 26 heavy (non-hydrogen) atoms. The van der Waals surface area contributed by atoms with Crippen LogP contribution in [-0.4, -0.2) is 24.8 Å². The van der Waals surface area contributed by atoms with Crippen molar-refractivity contribution in [3.05, 3.63) is 91.0 Å². The molecular weight excluding hydrogens is 401 g/mol. The van der Waals surface area contributed by atoms with Crippen LogP contribution < -0.4 is 15.9 Å². The smallest absolute Gasteiger partial charge is 0.135 e. The van der Waals surface area contributed by atoms with E-state index in [2.05, 4.69) is 117 Å². The van der Waals surface area contributed by atoms with Crippen LogP contribution in [0.1, 0.15) is 13.3 Å². The highest BCUT2D eigenvalue weighted by Gasteiger charge is 2.52. The van der Waals surface area contributed by atoms with Crippen molar-refractivity contribution in [1.82, 2.24) is 4.90 Å². The summed E-state index contributed by atoms with van der Waals surface area (Å²) in [4.78, 5) is 2.42. The Morgan fingerprint density at radius 2 is 0.962 bits per heavy atom. The van der Waals surface area contributed by atoms with Crippen LogP contribution in [0.15, 0.2) is 91.0 Å². The Morgan fingerprint density at radius 1 is 0.654 bits per heavy atom. The molecule has 0 saturated carbocycles. The molecule has 0 radical (unpaired) electrons. The van der Waals surface area contributed by atoms with Gasteiger partial charge in [-0.3, -0.25) is 4.90 Å². The average Bonchev–Trinajstić information content (AvgIpc) is 2.68. The average molecular weight is 429 g/mol. The van der Waals surface area contributed by atoms with E-state index in [1.165, 1.54) is 15.9 Å². The summed E-state index contributed by atoms with van der Waals surface area (Å²) in [5.41, 5.74) is 0. The molecule has 0 aromatic heterocycles. The molecule has 3 aromatic rings. The van der Waals surface area contributed by atoms with Gasteiger partial charge < -0.3 is 0 Å². The van der Waals surface area contributed by atoms with Gasteiger partial charge in [0.1, 0.15) is 29.0 Å². The molecular formula is C23H28BrNP+. The van der Waals surface area contributed by atoms with Crippen molar-refractivity contribution < 1.29 is 0 Å². The molecule has 0 spiro atoms. The minimum Gasteiger partial charge on any atom is -0.274 e. The SMILES string of the molecule is Br.CCC(N(C)C)[P+](c1ccccc1)(c1ccccc1)c1ccccc1. The Bertz CT molecular complexity index is 678. The number of nitrogens with zero attached hydrogens (tertiary/aromatic N) is 1. The predicted molar refractivity (Wildman–Crippen MR) is 123 cm³/mol. The van der Waals surface area contributed by atoms with Gasteiger partial charge in [0.25, 0.3) is 0 Å². The van der Waals surface area contributed by atoms with Crippen LogP contribution in [0.2, 0.25) is 0 Å². The minimum absolute atomic E-state index is 0. The van der Waals surface area contributed by atoms with E-state index in [0.717, 1.165) is 6.42 Å². The molecule has 0 amide bonds. The van der Waals surface area contributed by atoms with Crippen molar-refractivity contribution in [2.24, 2.45) is 0 Å². The second-order valence-electron chi connectivity index (χ2n) is 6.58. The molecule has 0 fully saturated rings. The third-order valence-electron chi connectivity index (χ3n) is 4.90. The normalized spacial score (nSPS) is 12.5. The Morgan fingerprint density at radius 3 is 1.19 bits per heavy atom. The van der Waals surface area contributed by atoms with E-state index in [1.807, 2.05) is 0 Å². The largest absolute Gasteiger partial charge is 0.274 e. The molecule has 0 bridgehead atoms. The summed E-state index contributed by atoms with van der Waals surface area (Å²) in [6.07, 6.45) is 1.11. The second kappa shape index (κ2) is 9.46. The molecule has 136 valence electrons. The molecule has 1 unspecified atom stereocenters. The van der Waals surface area contributed by atoms with Crippen LogP contribution in [0.25, 0.3) is 0 Å². The lowest BCUT2D eigenvalue weighted by atomic mass is 10.3. The van der Waals surface area contributed by atoms with E-state index in [-0.39, 0.29) is 17.0 Å². The highest BCUT2D eigenvalue weighted by molar-refractivity contribution is 8.93. The zero-order valence-corrected chi connectivity index (χ0v) is 18.4. The van der Waals surface area contributed by atoms with E-state index in [9.17, 15) is 0 Å². The second-order valence-corrected chi connectivity index (χ2v) is 10.2. The van der Waals surface area contributed by atoms with Crippen molar-refractivity contribution in [3.8, 4) is 0 Å². The third-order valence-corrected chi connectivity index (χ3v) is 9.96. The molecule has 1 atom stereocenters. The summed E-state index contributed by atoms with van der Waals surface area (Å²) in [6.45, 7) is 2.31. The lowest BCUT2D eigenvalue weighted by Crippen LogP contribution is -2.44. The predicted octanol–water partition coefficient (Wildman–Crippen LogP) is 4.86. The van der Waals surface area contributed by atoms with Crippen molar-refractivity contribution in [2.75, 3.05) is 14.1 Å². The summed E-state index contributed by atoms with van der Waals surface area (Å²) in [5.74, 6) is 0.458. The Hall–Kier alpha value is -1.47. The molecule has 3 aromatic carbocycles. The first-order chi connectivity index (χ1) is 12.2. The minimum atomic E-state index is -1.79. The Kier molecular flexibility index (Phi) is 7.58. The zero-order valence-electron chi connectivity index (χ0n) is 15.7. The first-order valence-electron chi connectivity index (χ1n) is 8.93. The summed E-state index contributed by atoms with van der Waals surface area (Å²) in [5, 5.41) is 4.36. The van der Waals surface area contributed by atoms with Gasteiger partial charge in [-0.2, -0.15) is 0 Å².